The molecule has 1 aliphatic heterocycles. The van der Waals surface area contributed by atoms with E-state index in [2.05, 4.69) is 38.2 Å². The van der Waals surface area contributed by atoms with Crippen molar-refractivity contribution in [3.63, 3.8) is 0 Å². The molecule has 2 heteroatoms. The van der Waals surface area contributed by atoms with E-state index >= 15 is 0 Å². The molecule has 1 unspecified atom stereocenters. The topological polar surface area (TPSA) is 32.3 Å². The van der Waals surface area contributed by atoms with Gasteiger partial charge in [-0.2, -0.15) is 0 Å². The van der Waals surface area contributed by atoms with Gasteiger partial charge in [0.15, 0.2) is 0 Å². The minimum Gasteiger partial charge on any atom is -0.393 e. The first-order valence-electron chi connectivity index (χ1n) is 11.8. The van der Waals surface area contributed by atoms with Gasteiger partial charge in [0.05, 0.1) is 6.10 Å². The molecular weight excluding hydrogens is 330 g/mol. The molecule has 2 N–H and O–H groups in total. The Bertz CT molecular complexity index is 659. The van der Waals surface area contributed by atoms with Crippen molar-refractivity contribution in [2.45, 2.75) is 90.7 Å². The molecule has 0 spiro atoms. The molecule has 0 aromatic carbocycles. The van der Waals surface area contributed by atoms with Gasteiger partial charge < -0.3 is 10.4 Å². The van der Waals surface area contributed by atoms with Gasteiger partial charge in [-0.1, -0.05) is 50.5 Å². The quantitative estimate of drug-likeness (QED) is 0.620. The van der Waals surface area contributed by atoms with Crippen molar-refractivity contribution < 1.29 is 5.11 Å². The maximum Gasteiger partial charge on any atom is 0.0577 e. The minimum atomic E-state index is -0.0981. The number of fused-ring (bicyclic) bond motifs is 5. The molecule has 2 saturated carbocycles. The van der Waals surface area contributed by atoms with Crippen molar-refractivity contribution in [3.05, 3.63) is 23.3 Å². The lowest BCUT2D eigenvalue weighted by Crippen LogP contribution is -2.53. The van der Waals surface area contributed by atoms with Crippen LogP contribution in [-0.4, -0.2) is 23.8 Å². The number of hydrogen-bond donors (Lipinski definition) is 2. The van der Waals surface area contributed by atoms with Gasteiger partial charge in [-0.15, -0.1) is 0 Å². The van der Waals surface area contributed by atoms with Crippen LogP contribution in [0.1, 0.15) is 78.6 Å². The normalized spacial score (nSPS) is 52.3. The number of allylic oxidation sites excluding steroid dienone is 2. The zero-order chi connectivity index (χ0) is 18.8. The van der Waals surface area contributed by atoms with E-state index in [1.165, 1.54) is 51.5 Å². The number of rotatable bonds is 1. The average Bonchev–Trinajstić information content (AvgIpc) is 3.01. The summed E-state index contributed by atoms with van der Waals surface area (Å²) in [6, 6.07) is 0.649. The van der Waals surface area contributed by atoms with Gasteiger partial charge >= 0.3 is 0 Å². The first kappa shape index (κ1) is 18.4. The molecule has 0 radical (unpaired) electrons. The molecule has 0 bridgehead atoms. The molecule has 1 saturated heterocycles. The van der Waals surface area contributed by atoms with Crippen molar-refractivity contribution >= 4 is 0 Å². The second kappa shape index (κ2) is 6.46. The van der Waals surface area contributed by atoms with E-state index < -0.39 is 0 Å². The summed E-state index contributed by atoms with van der Waals surface area (Å²) in [5.41, 5.74) is 4.14. The van der Waals surface area contributed by atoms with E-state index in [9.17, 15) is 5.11 Å². The zero-order valence-electron chi connectivity index (χ0n) is 17.6. The summed E-state index contributed by atoms with van der Waals surface area (Å²) in [7, 11) is 0. The average molecular weight is 370 g/mol. The molecule has 8 atom stereocenters. The van der Waals surface area contributed by atoms with Gasteiger partial charge in [0.2, 0.25) is 0 Å². The van der Waals surface area contributed by atoms with Crippen LogP contribution in [0.15, 0.2) is 23.3 Å². The molecular formula is C25H39NO. The fourth-order valence-electron chi connectivity index (χ4n) is 8.26. The lowest BCUT2D eigenvalue weighted by Gasteiger charge is -2.60. The van der Waals surface area contributed by atoms with Crippen molar-refractivity contribution in [1.82, 2.24) is 5.32 Å². The molecule has 5 aliphatic rings. The Balaban J connectivity index is 1.46. The van der Waals surface area contributed by atoms with E-state index in [-0.39, 0.29) is 6.10 Å². The van der Waals surface area contributed by atoms with Crippen LogP contribution in [0.4, 0.5) is 0 Å². The number of aliphatic hydroxyl groups excluding tert-OH is 1. The van der Waals surface area contributed by atoms with Crippen molar-refractivity contribution in [3.8, 4) is 0 Å². The van der Waals surface area contributed by atoms with E-state index in [0.29, 0.717) is 22.8 Å². The van der Waals surface area contributed by atoms with Crippen molar-refractivity contribution in [2.24, 2.45) is 34.5 Å². The standard InChI is InChI=1S/C25H39NO/c1-16-14-17-15-18(27)9-11-24(17,2)21-10-12-25(3)19(7-8-20(25)23(16)21)22-6-4-5-13-26-22/h7,14,16,18,20-23,26-27H,4-6,8-13,15H2,1-3H3/t16-,18+,20+,21+,22?,23+,24+,25-/m1/s1. The van der Waals surface area contributed by atoms with Crippen LogP contribution in [0.2, 0.25) is 0 Å². The van der Waals surface area contributed by atoms with Crippen LogP contribution in [0.3, 0.4) is 0 Å². The van der Waals surface area contributed by atoms with Crippen molar-refractivity contribution in [2.75, 3.05) is 6.54 Å². The second-order valence-electron chi connectivity index (χ2n) is 11.0. The highest BCUT2D eigenvalue weighted by molar-refractivity contribution is 5.33. The van der Waals surface area contributed by atoms with Crippen LogP contribution >= 0.6 is 0 Å². The molecule has 150 valence electrons. The third kappa shape index (κ3) is 2.65. The second-order valence-corrected chi connectivity index (χ2v) is 11.0. The molecule has 5 rings (SSSR count). The summed E-state index contributed by atoms with van der Waals surface area (Å²) in [6.45, 7) is 8.84. The predicted octanol–water partition coefficient (Wildman–Crippen LogP) is 5.23. The Morgan fingerprint density at radius 3 is 2.63 bits per heavy atom. The van der Waals surface area contributed by atoms with E-state index in [0.717, 1.165) is 30.6 Å². The highest BCUT2D eigenvalue weighted by atomic mass is 16.3. The first-order chi connectivity index (χ1) is 12.9. The summed E-state index contributed by atoms with van der Waals surface area (Å²) in [5, 5.41) is 14.1. The fraction of sp³-hybridized carbons (Fsp3) is 0.840. The van der Waals surface area contributed by atoms with Gasteiger partial charge in [-0.05, 0) is 92.4 Å². The van der Waals surface area contributed by atoms with Crippen LogP contribution in [-0.2, 0) is 0 Å². The maximum absolute atomic E-state index is 10.3. The lowest BCUT2D eigenvalue weighted by atomic mass is 9.45. The van der Waals surface area contributed by atoms with Crippen LogP contribution in [0, 0.1) is 34.5 Å². The monoisotopic (exact) mass is 369 g/mol. The van der Waals surface area contributed by atoms with Crippen LogP contribution < -0.4 is 5.32 Å². The number of hydrogen-bond acceptors (Lipinski definition) is 2. The Hall–Kier alpha value is -0.600. The highest BCUT2D eigenvalue weighted by Gasteiger charge is 2.58. The fourth-order valence-corrected chi connectivity index (χ4v) is 8.26. The third-order valence-corrected chi connectivity index (χ3v) is 9.73. The molecule has 0 aromatic heterocycles. The molecule has 27 heavy (non-hydrogen) atoms. The zero-order valence-corrected chi connectivity index (χ0v) is 17.6. The summed E-state index contributed by atoms with van der Waals surface area (Å²) >= 11 is 0. The Morgan fingerprint density at radius 2 is 1.85 bits per heavy atom. The Labute approximate surface area is 165 Å². The lowest BCUT2D eigenvalue weighted by molar-refractivity contribution is -0.0495. The Morgan fingerprint density at radius 1 is 1.04 bits per heavy atom. The summed E-state index contributed by atoms with van der Waals surface area (Å²) in [4.78, 5) is 0. The predicted molar refractivity (Wildman–Crippen MR) is 111 cm³/mol. The Kier molecular flexibility index (Phi) is 4.41. The SMILES string of the molecule is C[C@@H]1C=C2C[C@@H](O)CC[C@]2(C)[C@H]2CC[C@]3(C)C(C4CCCCN4)=CC[C@H]3[C@H]12. The van der Waals surface area contributed by atoms with E-state index in [1.807, 2.05) is 0 Å². The molecule has 4 aliphatic carbocycles. The minimum absolute atomic E-state index is 0.0981. The largest absolute Gasteiger partial charge is 0.393 e. The van der Waals surface area contributed by atoms with Gasteiger partial charge in [0.1, 0.15) is 0 Å². The maximum atomic E-state index is 10.3. The third-order valence-electron chi connectivity index (χ3n) is 9.73. The molecule has 1 heterocycles. The summed E-state index contributed by atoms with van der Waals surface area (Å²) < 4.78 is 0. The van der Waals surface area contributed by atoms with E-state index in [1.54, 1.807) is 11.1 Å². The smallest absolute Gasteiger partial charge is 0.0577 e. The van der Waals surface area contributed by atoms with Gasteiger partial charge in [0, 0.05) is 6.04 Å². The number of nitrogens with one attached hydrogen (secondary N) is 1. The summed E-state index contributed by atoms with van der Waals surface area (Å²) in [6.07, 6.45) is 16.5. The van der Waals surface area contributed by atoms with Gasteiger partial charge in [0.25, 0.3) is 0 Å². The van der Waals surface area contributed by atoms with E-state index in [4.69, 9.17) is 0 Å². The van der Waals surface area contributed by atoms with Gasteiger partial charge in [-0.3, -0.25) is 0 Å². The first-order valence-corrected chi connectivity index (χ1v) is 11.8. The van der Waals surface area contributed by atoms with Crippen LogP contribution in [0.5, 0.6) is 0 Å². The molecule has 0 aromatic rings. The molecule has 3 fully saturated rings. The van der Waals surface area contributed by atoms with Gasteiger partial charge in [-0.25, -0.2) is 0 Å². The molecule has 0 amide bonds. The highest BCUT2D eigenvalue weighted by Crippen LogP contribution is 2.66. The summed E-state index contributed by atoms with van der Waals surface area (Å²) in [5.74, 6) is 3.14. The van der Waals surface area contributed by atoms with Crippen LogP contribution in [0.25, 0.3) is 0 Å². The van der Waals surface area contributed by atoms with Crippen molar-refractivity contribution in [1.29, 1.82) is 0 Å². The molecule has 2 nitrogen and oxygen atoms in total. The number of aliphatic hydroxyl groups is 1. The number of piperidine rings is 1.